The van der Waals surface area contributed by atoms with E-state index in [4.69, 9.17) is 30.4 Å². The van der Waals surface area contributed by atoms with Gasteiger partial charge in [-0.2, -0.15) is 24.0 Å². The number of nitrogens with zero attached hydrogens (tertiary/aromatic N) is 8. The van der Waals surface area contributed by atoms with E-state index in [0.717, 1.165) is 28.6 Å². The first kappa shape index (κ1) is 67.2. The first-order valence-electron chi connectivity index (χ1n) is 19.2. The van der Waals surface area contributed by atoms with Gasteiger partial charge in [0.2, 0.25) is 5.79 Å². The largest absolute Gasteiger partial charge is 2.00 e. The van der Waals surface area contributed by atoms with E-state index in [2.05, 4.69) is 46.1 Å². The van der Waals surface area contributed by atoms with E-state index in [1.165, 1.54) is 23.4 Å². The van der Waals surface area contributed by atoms with Gasteiger partial charge in [0.05, 0.1) is 31.7 Å². The SMILES string of the molecule is CC[C@H]1OC(=O)[C@H](OCc2ccccc2)[C@@H]1C.CC[C@H]1OC(O)(c2cnc3c(N)ncnn23)[C@H](OCc2ccccc2)[C@@H]1C.C[CH-]C.Nc1ncnn2c(Br)cnc12.[CH3-].[Cl-].[Cl-].[Cl-].[H-].[Li+].[Mg+2].[Mg+2]. The smallest absolute Gasteiger partial charge is 1.00 e. The minimum Gasteiger partial charge on any atom is -1.00 e. The normalized spacial score (nSPS) is 21.1. The van der Waals surface area contributed by atoms with Gasteiger partial charge in [0, 0.05) is 11.8 Å². The third-order valence-electron chi connectivity index (χ3n) is 9.68. The summed E-state index contributed by atoms with van der Waals surface area (Å²) in [6.07, 6.45) is 8.30. The first-order chi connectivity index (χ1) is 28.0. The number of ether oxygens (including phenoxy) is 4. The number of hydrogen-bond acceptors (Lipinski definition) is 14. The molecule has 7 atom stereocenters. The van der Waals surface area contributed by atoms with Crippen LogP contribution in [0.5, 0.6) is 0 Å². The molecule has 65 heavy (non-hydrogen) atoms. The number of imidazole rings is 2. The summed E-state index contributed by atoms with van der Waals surface area (Å²) >= 11 is 3.26. The fraction of sp³-hybridized carbons (Fsp3) is 0.405. The molecule has 0 radical (unpaired) electrons. The van der Waals surface area contributed by atoms with Crippen molar-refractivity contribution in [2.75, 3.05) is 11.5 Å². The van der Waals surface area contributed by atoms with Crippen LogP contribution in [0.1, 0.15) is 72.6 Å². The van der Waals surface area contributed by atoms with E-state index in [1.54, 1.807) is 10.7 Å². The molecular weight excluding hydrogens is 982 g/mol. The van der Waals surface area contributed by atoms with Crippen LogP contribution in [0.4, 0.5) is 11.6 Å². The van der Waals surface area contributed by atoms with Gasteiger partial charge < -0.3 is 88.0 Å². The number of benzene rings is 2. The monoisotopic (exact) mass is 1040 g/mol. The topological polar surface area (TPSA) is 212 Å². The van der Waals surface area contributed by atoms with Crippen LogP contribution in [-0.2, 0) is 42.7 Å². The number of fused-ring (bicyclic) bond motifs is 2. The molecule has 1 unspecified atom stereocenters. The Morgan fingerprint density at radius 3 is 1.72 bits per heavy atom. The summed E-state index contributed by atoms with van der Waals surface area (Å²) in [5.74, 6) is -1.18. The van der Waals surface area contributed by atoms with E-state index in [9.17, 15) is 9.90 Å². The van der Waals surface area contributed by atoms with Gasteiger partial charge in [-0.25, -0.2) is 33.8 Å². The molecule has 4 aromatic heterocycles. The molecule has 5 N–H and O–H groups in total. The molecule has 6 heterocycles. The first-order valence-corrected chi connectivity index (χ1v) is 20.0. The predicted octanol–water partition coefficient (Wildman–Crippen LogP) is -6.06. The molecule has 8 rings (SSSR count). The zero-order chi connectivity index (χ0) is 41.8. The fourth-order valence-electron chi connectivity index (χ4n) is 6.70. The van der Waals surface area contributed by atoms with Crippen molar-refractivity contribution in [1.29, 1.82) is 0 Å². The Morgan fingerprint density at radius 2 is 1.25 bits per heavy atom. The number of anilines is 2. The van der Waals surface area contributed by atoms with Crippen LogP contribution >= 0.6 is 15.9 Å². The second kappa shape index (κ2) is 32.6. The third kappa shape index (κ3) is 16.8. The van der Waals surface area contributed by atoms with Crippen molar-refractivity contribution in [3.63, 3.8) is 0 Å². The number of rotatable bonds is 9. The molecule has 2 aliphatic rings. The number of nitrogens with two attached hydrogens (primary N) is 2. The average Bonchev–Trinajstić information content (AvgIpc) is 3.98. The third-order valence-corrected chi connectivity index (χ3v) is 10.2. The number of carbonyl (C=O) groups excluding carboxylic acids is 1. The van der Waals surface area contributed by atoms with Crippen LogP contribution < -0.4 is 67.5 Å². The maximum atomic E-state index is 11.6. The fourth-order valence-corrected chi connectivity index (χ4v) is 7.06. The van der Waals surface area contributed by atoms with Crippen LogP contribution in [0.2, 0.25) is 0 Å². The Labute approximate surface area is 454 Å². The van der Waals surface area contributed by atoms with Crippen molar-refractivity contribution in [1.82, 2.24) is 39.2 Å². The summed E-state index contributed by atoms with van der Waals surface area (Å²) in [5, 5.41) is 19.6. The number of cyclic esters (lactones) is 1. The molecule has 0 spiro atoms. The maximum absolute atomic E-state index is 11.6. The molecule has 6 aromatic rings. The van der Waals surface area contributed by atoms with E-state index < -0.39 is 18.0 Å². The van der Waals surface area contributed by atoms with Gasteiger partial charge in [0.25, 0.3) is 0 Å². The number of esters is 1. The molecule has 0 amide bonds. The summed E-state index contributed by atoms with van der Waals surface area (Å²) in [6.45, 7) is 12.9. The van der Waals surface area contributed by atoms with Crippen LogP contribution in [0, 0.1) is 25.7 Å². The molecule has 16 nitrogen and oxygen atoms in total. The van der Waals surface area contributed by atoms with Crippen molar-refractivity contribution in [2.24, 2.45) is 11.8 Å². The molecule has 23 heteroatoms. The standard InChI is InChI=1S/C19H23N5O3.C14H18O3.C5H4BrN5.C3H7.CH3.3ClH.Li.2Mg.H/c1-3-14-12(2)16(26-10-13-7-5-4-6-8-13)19(25,27-14)15-9-21-18-17(20)22-11-23-24(15)18;1-3-12-10(2)13(14(15)17-12)16-9-11-7-5-4-6-8-11;6-3-1-8-5-4(7)9-2-10-11(3)5;1-3-2;;;;;;;;/h4-9,11-12,14,16,25H,3,10H2,1-2H3,(H2,20,22,23);4-8,10,12-13H,3,9H2,1-2H3;1-2H,(H2,7,9,10);3H,1-2H3;1H3;3*1H;;;;/q;;;2*-1;;;;+1;2*+2;-1/p-3/t12-,14-,16-,19?;10-,12-,13-;;;;;;;;;;/m11........../s1. The molecule has 344 valence electrons. The Bertz CT molecular complexity index is 2240. The maximum Gasteiger partial charge on any atom is 2.00 e. The molecule has 0 saturated carbocycles. The van der Waals surface area contributed by atoms with E-state index >= 15 is 0 Å². The molecule has 2 saturated heterocycles. The van der Waals surface area contributed by atoms with Crippen molar-refractivity contribution < 1.29 is 86.4 Å². The van der Waals surface area contributed by atoms with Crippen molar-refractivity contribution in [3.05, 3.63) is 121 Å². The number of aliphatic hydroxyl groups is 1. The van der Waals surface area contributed by atoms with E-state index in [-0.39, 0.29) is 147 Å². The molecule has 2 aliphatic heterocycles. The molecule has 2 aromatic carbocycles. The van der Waals surface area contributed by atoms with Crippen LogP contribution in [0.3, 0.4) is 0 Å². The minimum absolute atomic E-state index is 0. The summed E-state index contributed by atoms with van der Waals surface area (Å²) < 4.78 is 27.0. The second-order valence-electron chi connectivity index (χ2n) is 13.9. The summed E-state index contributed by atoms with van der Waals surface area (Å²) in [6, 6.07) is 19.7. The van der Waals surface area contributed by atoms with Crippen molar-refractivity contribution in [3.8, 4) is 0 Å². The van der Waals surface area contributed by atoms with Crippen LogP contribution in [0.25, 0.3) is 11.3 Å². The summed E-state index contributed by atoms with van der Waals surface area (Å²) in [5.41, 5.74) is 14.8. The quantitative estimate of drug-likeness (QED) is 0.0700. The number of halogens is 4. The minimum atomic E-state index is -1.69. The van der Waals surface area contributed by atoms with Crippen LogP contribution in [-0.4, -0.2) is 121 Å². The molecular formula is C42H56BrCl3LiMg2N10O6-. The van der Waals surface area contributed by atoms with Gasteiger partial charge in [-0.3, -0.25) is 0 Å². The second-order valence-corrected chi connectivity index (χ2v) is 14.7. The zero-order valence-corrected chi connectivity index (χ0v) is 44.8. The summed E-state index contributed by atoms with van der Waals surface area (Å²) in [7, 11) is 0. The van der Waals surface area contributed by atoms with Gasteiger partial charge in [-0.1, -0.05) is 88.4 Å². The molecule has 2 fully saturated rings. The van der Waals surface area contributed by atoms with Gasteiger partial charge in [0.1, 0.15) is 35.2 Å². The Hall–Kier alpha value is -2.07. The number of hydrogen-bond donors (Lipinski definition) is 3. The van der Waals surface area contributed by atoms with Crippen LogP contribution in [0.15, 0.2) is 90.3 Å². The average molecular weight is 1040 g/mol. The van der Waals surface area contributed by atoms with Gasteiger partial charge in [-0.05, 0) is 39.9 Å². The molecule has 0 aliphatic carbocycles. The molecule has 0 bridgehead atoms. The van der Waals surface area contributed by atoms with Gasteiger partial charge in [-0.15, -0.1) is 0 Å². The van der Waals surface area contributed by atoms with E-state index in [0.29, 0.717) is 36.0 Å². The van der Waals surface area contributed by atoms with Crippen molar-refractivity contribution in [2.45, 2.75) is 97.8 Å². The van der Waals surface area contributed by atoms with Gasteiger partial charge in [0.15, 0.2) is 29.0 Å². The Kier molecular flexibility index (Phi) is 33.7. The number of nitrogen functional groups attached to an aromatic ring is 2. The Balaban J connectivity index is -0.000000430. The number of carbonyl (C=O) groups is 1. The Morgan fingerprint density at radius 1 is 0.785 bits per heavy atom. The van der Waals surface area contributed by atoms with Crippen molar-refractivity contribution >= 4 is 90.9 Å². The predicted molar refractivity (Wildman–Crippen MR) is 240 cm³/mol. The number of aromatic nitrogens is 8. The zero-order valence-electron chi connectivity index (χ0n) is 39.1. The van der Waals surface area contributed by atoms with E-state index in [1.807, 2.05) is 109 Å². The summed E-state index contributed by atoms with van der Waals surface area (Å²) in [4.78, 5) is 27.6. The van der Waals surface area contributed by atoms with Gasteiger partial charge >= 0.3 is 70.9 Å².